The van der Waals surface area contributed by atoms with E-state index in [1.165, 1.54) is 0 Å². The van der Waals surface area contributed by atoms with Gasteiger partial charge in [-0.3, -0.25) is 9.69 Å². The van der Waals surface area contributed by atoms with Gasteiger partial charge in [-0.25, -0.2) is 0 Å². The van der Waals surface area contributed by atoms with Crippen molar-refractivity contribution in [3.63, 3.8) is 0 Å². The Morgan fingerprint density at radius 2 is 1.85 bits per heavy atom. The van der Waals surface area contributed by atoms with E-state index in [4.69, 9.17) is 9.47 Å². The van der Waals surface area contributed by atoms with E-state index in [9.17, 15) is 4.79 Å². The summed E-state index contributed by atoms with van der Waals surface area (Å²) in [6.07, 6.45) is 12.1. The Hall–Kier alpha value is -2.99. The van der Waals surface area contributed by atoms with Gasteiger partial charge in [0.25, 0.3) is 5.91 Å². The third kappa shape index (κ3) is 5.01. The molecule has 6 nitrogen and oxygen atoms in total. The number of carbonyl (C=O) groups is 1. The van der Waals surface area contributed by atoms with E-state index in [1.807, 2.05) is 24.4 Å². The van der Waals surface area contributed by atoms with Gasteiger partial charge in [0.2, 0.25) is 0 Å². The Labute approximate surface area is 197 Å². The van der Waals surface area contributed by atoms with Crippen molar-refractivity contribution in [2.75, 3.05) is 27.3 Å². The van der Waals surface area contributed by atoms with Gasteiger partial charge in [-0.15, -0.1) is 0 Å². The van der Waals surface area contributed by atoms with Crippen LogP contribution in [-0.2, 0) is 4.79 Å². The minimum Gasteiger partial charge on any atom is -0.493 e. The Kier molecular flexibility index (Phi) is 6.94. The molecule has 1 aromatic carbocycles. The van der Waals surface area contributed by atoms with Crippen molar-refractivity contribution in [1.82, 2.24) is 15.1 Å². The summed E-state index contributed by atoms with van der Waals surface area (Å²) >= 11 is 0. The van der Waals surface area contributed by atoms with Crippen LogP contribution < -0.4 is 14.8 Å². The number of hydrogen-bond acceptors (Lipinski definition) is 5. The zero-order valence-corrected chi connectivity index (χ0v) is 20.3. The summed E-state index contributed by atoms with van der Waals surface area (Å²) in [5.74, 6) is 1.51. The zero-order valence-electron chi connectivity index (χ0n) is 20.3. The number of amides is 1. The van der Waals surface area contributed by atoms with Gasteiger partial charge in [-0.2, -0.15) is 0 Å². The maximum atomic E-state index is 13.4. The summed E-state index contributed by atoms with van der Waals surface area (Å²) in [4.78, 5) is 17.6. The lowest BCUT2D eigenvalue weighted by Crippen LogP contribution is -2.37. The SMILES string of the molecule is COc1ccc(C2=CC(=O)N3C=C(N4CCC(NC(C)C)C4)C=CC3=CCC2C)cc1OC. The molecule has 1 N–H and O–H groups in total. The van der Waals surface area contributed by atoms with E-state index in [-0.39, 0.29) is 11.8 Å². The van der Waals surface area contributed by atoms with Crippen LogP contribution in [0.1, 0.15) is 39.2 Å². The smallest absolute Gasteiger partial charge is 0.255 e. The van der Waals surface area contributed by atoms with E-state index in [0.29, 0.717) is 23.6 Å². The summed E-state index contributed by atoms with van der Waals surface area (Å²) in [5, 5.41) is 3.63. The number of likely N-dealkylation sites (tertiary alicyclic amines) is 1. The first-order chi connectivity index (χ1) is 15.9. The summed E-state index contributed by atoms with van der Waals surface area (Å²) < 4.78 is 10.9. The number of ether oxygens (including phenoxy) is 2. The standard InChI is InChI=1S/C27H35N3O3/c1-18(2)28-21-12-13-29(16-21)23-10-9-22-8-6-19(3)24(15-27(31)30(22)17-23)20-7-11-25(32-4)26(14-20)33-5/h7-11,14-15,17-19,21,28H,6,12-13,16H2,1-5H3. The van der Waals surface area contributed by atoms with Gasteiger partial charge < -0.3 is 19.7 Å². The van der Waals surface area contributed by atoms with E-state index in [2.05, 4.69) is 49.2 Å². The average molecular weight is 450 g/mol. The predicted octanol–water partition coefficient (Wildman–Crippen LogP) is 4.32. The van der Waals surface area contributed by atoms with E-state index in [1.54, 1.807) is 25.2 Å². The first-order valence-electron chi connectivity index (χ1n) is 11.8. The fraction of sp³-hybridized carbons (Fsp3) is 0.444. The van der Waals surface area contributed by atoms with Crippen LogP contribution in [0.2, 0.25) is 0 Å². The summed E-state index contributed by atoms with van der Waals surface area (Å²) in [7, 11) is 3.25. The zero-order chi connectivity index (χ0) is 23.5. The minimum atomic E-state index is -0.0320. The Morgan fingerprint density at radius 1 is 1.09 bits per heavy atom. The summed E-state index contributed by atoms with van der Waals surface area (Å²) in [6, 6.07) is 6.79. The molecule has 1 aromatic rings. The van der Waals surface area contributed by atoms with Gasteiger partial charge in [0, 0.05) is 43.1 Å². The number of benzene rings is 1. The monoisotopic (exact) mass is 449 g/mol. The van der Waals surface area contributed by atoms with E-state index in [0.717, 1.165) is 48.5 Å². The first-order valence-corrected chi connectivity index (χ1v) is 11.8. The lowest BCUT2D eigenvalue weighted by atomic mass is 9.89. The van der Waals surface area contributed by atoms with Crippen LogP contribution in [-0.4, -0.2) is 55.1 Å². The molecule has 2 unspecified atom stereocenters. The third-order valence-electron chi connectivity index (χ3n) is 6.53. The van der Waals surface area contributed by atoms with Gasteiger partial charge in [0.1, 0.15) is 0 Å². The maximum Gasteiger partial charge on any atom is 0.255 e. The molecular weight excluding hydrogens is 414 g/mol. The Morgan fingerprint density at radius 3 is 2.58 bits per heavy atom. The fourth-order valence-electron chi connectivity index (χ4n) is 4.80. The minimum absolute atomic E-state index is 0.0320. The van der Waals surface area contributed by atoms with Crippen molar-refractivity contribution in [3.05, 3.63) is 65.7 Å². The summed E-state index contributed by atoms with van der Waals surface area (Å²) in [6.45, 7) is 8.47. The van der Waals surface area contributed by atoms with Crippen LogP contribution in [0.25, 0.3) is 5.57 Å². The highest BCUT2D eigenvalue weighted by Gasteiger charge is 2.28. The highest BCUT2D eigenvalue weighted by molar-refractivity contribution is 5.98. The molecule has 0 saturated carbocycles. The number of nitrogens with one attached hydrogen (secondary N) is 1. The number of nitrogens with zero attached hydrogens (tertiary/aromatic N) is 2. The molecule has 3 aliphatic heterocycles. The molecule has 0 spiro atoms. The molecular formula is C27H35N3O3. The van der Waals surface area contributed by atoms with Crippen LogP contribution in [0.15, 0.2) is 60.1 Å². The average Bonchev–Trinajstić information content (AvgIpc) is 3.27. The summed E-state index contributed by atoms with van der Waals surface area (Å²) in [5.41, 5.74) is 4.00. The molecule has 0 aliphatic carbocycles. The van der Waals surface area contributed by atoms with Crippen LogP contribution >= 0.6 is 0 Å². The Bertz CT molecular complexity index is 1020. The number of methoxy groups -OCH3 is 2. The molecule has 0 aromatic heterocycles. The van der Waals surface area contributed by atoms with Crippen LogP contribution in [0.3, 0.4) is 0 Å². The molecule has 2 atom stereocenters. The third-order valence-corrected chi connectivity index (χ3v) is 6.53. The van der Waals surface area contributed by atoms with Crippen LogP contribution in [0, 0.1) is 5.92 Å². The molecule has 0 bridgehead atoms. The van der Waals surface area contributed by atoms with Crippen molar-refractivity contribution in [2.24, 2.45) is 5.92 Å². The predicted molar refractivity (Wildman–Crippen MR) is 132 cm³/mol. The lowest BCUT2D eigenvalue weighted by molar-refractivity contribution is -0.122. The van der Waals surface area contributed by atoms with E-state index >= 15 is 0 Å². The fourth-order valence-corrected chi connectivity index (χ4v) is 4.80. The molecule has 4 rings (SSSR count). The molecule has 6 heteroatoms. The second kappa shape index (κ2) is 9.87. The number of carbonyl (C=O) groups excluding carboxylic acids is 1. The first kappa shape index (κ1) is 23.2. The van der Waals surface area contributed by atoms with Crippen molar-refractivity contribution >= 4 is 11.5 Å². The number of allylic oxidation sites excluding steroid dienone is 4. The number of fused-ring (bicyclic) bond motifs is 1. The van der Waals surface area contributed by atoms with E-state index < -0.39 is 0 Å². The molecule has 3 heterocycles. The number of rotatable bonds is 6. The van der Waals surface area contributed by atoms with Crippen molar-refractivity contribution in [1.29, 1.82) is 0 Å². The van der Waals surface area contributed by atoms with Gasteiger partial charge in [0.15, 0.2) is 11.5 Å². The van der Waals surface area contributed by atoms with Gasteiger partial charge in [-0.05, 0) is 54.2 Å². The van der Waals surface area contributed by atoms with Gasteiger partial charge >= 0.3 is 0 Å². The molecule has 0 radical (unpaired) electrons. The quantitative estimate of drug-likeness (QED) is 0.701. The van der Waals surface area contributed by atoms with Gasteiger partial charge in [0.05, 0.1) is 19.9 Å². The normalized spacial score (nSPS) is 23.0. The van der Waals surface area contributed by atoms with Crippen molar-refractivity contribution in [2.45, 2.75) is 45.7 Å². The van der Waals surface area contributed by atoms with Crippen LogP contribution in [0.5, 0.6) is 11.5 Å². The second-order valence-corrected chi connectivity index (χ2v) is 9.28. The maximum absolute atomic E-state index is 13.4. The largest absolute Gasteiger partial charge is 0.493 e. The topological polar surface area (TPSA) is 54.0 Å². The molecule has 1 amide bonds. The number of hydrogen-bond donors (Lipinski definition) is 1. The molecule has 1 fully saturated rings. The van der Waals surface area contributed by atoms with Crippen molar-refractivity contribution < 1.29 is 14.3 Å². The van der Waals surface area contributed by atoms with Crippen LogP contribution in [0.4, 0.5) is 0 Å². The molecule has 176 valence electrons. The Balaban J connectivity index is 1.59. The second-order valence-electron chi connectivity index (χ2n) is 9.28. The lowest BCUT2D eigenvalue weighted by Gasteiger charge is -2.30. The molecule has 3 aliphatic rings. The highest BCUT2D eigenvalue weighted by atomic mass is 16.5. The molecule has 1 saturated heterocycles. The van der Waals surface area contributed by atoms with Gasteiger partial charge in [-0.1, -0.05) is 32.9 Å². The highest BCUT2D eigenvalue weighted by Crippen LogP contribution is 2.36. The molecule has 33 heavy (non-hydrogen) atoms. The van der Waals surface area contributed by atoms with Crippen molar-refractivity contribution in [3.8, 4) is 11.5 Å².